The van der Waals surface area contributed by atoms with Crippen LogP contribution in [-0.4, -0.2) is 24.6 Å². The molecule has 2 aromatic heterocycles. The minimum absolute atomic E-state index is 0.0349. The molecule has 0 bridgehead atoms. The van der Waals surface area contributed by atoms with Crippen molar-refractivity contribution in [1.82, 2.24) is 19.5 Å². The first-order chi connectivity index (χ1) is 11.3. The molecule has 0 spiro atoms. The number of para-hydroxylation sites is 2. The average Bonchev–Trinajstić information content (AvgIpc) is 3.15. The van der Waals surface area contributed by atoms with Crippen molar-refractivity contribution >= 4 is 22.1 Å². The van der Waals surface area contributed by atoms with E-state index in [0.717, 1.165) is 45.7 Å². The summed E-state index contributed by atoms with van der Waals surface area (Å²) in [5.74, 6) is 1.94. The molecule has 0 saturated carbocycles. The number of benzene rings is 2. The molecule has 23 heavy (non-hydrogen) atoms. The van der Waals surface area contributed by atoms with Crippen molar-refractivity contribution in [2.24, 2.45) is 0 Å². The van der Waals surface area contributed by atoms with Crippen molar-refractivity contribution in [2.45, 2.75) is 26.5 Å². The minimum Gasteiger partial charge on any atom is -0.392 e. The van der Waals surface area contributed by atoms with E-state index in [1.165, 1.54) is 0 Å². The number of aromatic nitrogens is 4. The number of H-pyrrole nitrogens is 1. The fraction of sp³-hybridized carbons (Fsp3) is 0.222. The third kappa shape index (κ3) is 2.39. The van der Waals surface area contributed by atoms with Gasteiger partial charge in [0, 0.05) is 6.42 Å². The molecule has 116 valence electrons. The Balaban J connectivity index is 1.82. The summed E-state index contributed by atoms with van der Waals surface area (Å²) in [6.45, 7) is 2.78. The second-order valence-corrected chi connectivity index (χ2v) is 5.65. The second-order valence-electron chi connectivity index (χ2n) is 5.65. The van der Waals surface area contributed by atoms with Gasteiger partial charge in [0.2, 0.25) is 0 Å². The fourth-order valence-corrected chi connectivity index (χ4v) is 2.99. The van der Waals surface area contributed by atoms with Crippen LogP contribution in [0.4, 0.5) is 0 Å². The molecular formula is C18H18N4O. The van der Waals surface area contributed by atoms with Gasteiger partial charge in [0.15, 0.2) is 0 Å². The number of nitrogens with zero attached hydrogens (tertiary/aromatic N) is 3. The van der Waals surface area contributed by atoms with Crippen LogP contribution in [0.3, 0.4) is 0 Å². The first-order valence-corrected chi connectivity index (χ1v) is 7.81. The Kier molecular flexibility index (Phi) is 3.35. The van der Waals surface area contributed by atoms with Gasteiger partial charge in [-0.05, 0) is 29.8 Å². The first kappa shape index (κ1) is 14.0. The maximum absolute atomic E-state index is 9.39. The number of aryl methyl sites for hydroxylation is 1. The molecule has 0 radical (unpaired) electrons. The van der Waals surface area contributed by atoms with Crippen molar-refractivity contribution in [1.29, 1.82) is 0 Å². The lowest BCUT2D eigenvalue weighted by Gasteiger charge is -2.06. The number of hydrogen-bond acceptors (Lipinski definition) is 3. The van der Waals surface area contributed by atoms with Crippen LogP contribution in [0.5, 0.6) is 0 Å². The predicted molar refractivity (Wildman–Crippen MR) is 90.2 cm³/mol. The van der Waals surface area contributed by atoms with Gasteiger partial charge in [0.25, 0.3) is 0 Å². The van der Waals surface area contributed by atoms with Crippen molar-refractivity contribution in [2.75, 3.05) is 0 Å². The van der Waals surface area contributed by atoms with E-state index in [1.807, 2.05) is 42.5 Å². The summed E-state index contributed by atoms with van der Waals surface area (Å²) in [5, 5.41) is 9.39. The molecule has 0 fully saturated rings. The number of fused-ring (bicyclic) bond motifs is 2. The van der Waals surface area contributed by atoms with Crippen LogP contribution in [-0.2, 0) is 19.6 Å². The molecule has 2 aromatic carbocycles. The van der Waals surface area contributed by atoms with E-state index in [0.29, 0.717) is 6.54 Å². The summed E-state index contributed by atoms with van der Waals surface area (Å²) in [4.78, 5) is 12.7. The van der Waals surface area contributed by atoms with Gasteiger partial charge in [0.05, 0.1) is 35.2 Å². The van der Waals surface area contributed by atoms with Crippen LogP contribution in [0.1, 0.15) is 24.1 Å². The van der Waals surface area contributed by atoms with Crippen LogP contribution in [0, 0.1) is 0 Å². The summed E-state index contributed by atoms with van der Waals surface area (Å²) in [7, 11) is 0. The Morgan fingerprint density at radius 3 is 2.74 bits per heavy atom. The van der Waals surface area contributed by atoms with Crippen LogP contribution in [0.2, 0.25) is 0 Å². The number of nitrogens with one attached hydrogen (secondary N) is 1. The molecule has 0 aliphatic heterocycles. The quantitative estimate of drug-likeness (QED) is 0.609. The molecule has 4 aromatic rings. The Hall–Kier alpha value is -2.66. The van der Waals surface area contributed by atoms with E-state index in [2.05, 4.69) is 21.5 Å². The van der Waals surface area contributed by atoms with Crippen molar-refractivity contribution in [3.63, 3.8) is 0 Å². The van der Waals surface area contributed by atoms with Crippen molar-refractivity contribution in [3.05, 3.63) is 59.7 Å². The maximum atomic E-state index is 9.39. The van der Waals surface area contributed by atoms with Crippen LogP contribution in [0.15, 0.2) is 42.5 Å². The van der Waals surface area contributed by atoms with Gasteiger partial charge < -0.3 is 14.7 Å². The van der Waals surface area contributed by atoms with Gasteiger partial charge in [-0.1, -0.05) is 25.1 Å². The Morgan fingerprint density at radius 2 is 1.96 bits per heavy atom. The molecule has 2 N–H and O–H groups in total. The van der Waals surface area contributed by atoms with Crippen molar-refractivity contribution < 1.29 is 5.11 Å². The predicted octanol–water partition coefficient (Wildman–Crippen LogP) is 3.02. The molecule has 0 unspecified atom stereocenters. The summed E-state index contributed by atoms with van der Waals surface area (Å²) < 4.78 is 2.17. The van der Waals surface area contributed by atoms with Crippen LogP contribution >= 0.6 is 0 Å². The van der Waals surface area contributed by atoms with E-state index in [1.54, 1.807) is 0 Å². The lowest BCUT2D eigenvalue weighted by Crippen LogP contribution is -2.06. The van der Waals surface area contributed by atoms with Gasteiger partial charge in [-0.3, -0.25) is 0 Å². The Bertz CT molecular complexity index is 950. The van der Waals surface area contributed by atoms with Gasteiger partial charge in [-0.2, -0.15) is 0 Å². The molecule has 4 rings (SSSR count). The summed E-state index contributed by atoms with van der Waals surface area (Å²) >= 11 is 0. The molecule has 0 aliphatic carbocycles. The highest BCUT2D eigenvalue weighted by atomic mass is 16.3. The largest absolute Gasteiger partial charge is 0.392 e. The highest BCUT2D eigenvalue weighted by Gasteiger charge is 2.12. The molecule has 0 atom stereocenters. The summed E-state index contributed by atoms with van der Waals surface area (Å²) in [6, 6.07) is 13.9. The minimum atomic E-state index is 0.0349. The maximum Gasteiger partial charge on any atom is 0.127 e. The summed E-state index contributed by atoms with van der Waals surface area (Å²) in [5.41, 5.74) is 4.90. The molecule has 0 saturated heterocycles. The SMILES string of the molecule is CCc1nc2ccc(CO)cc2n1Cc1nc2ccccc2[nH]1. The van der Waals surface area contributed by atoms with Gasteiger partial charge in [-0.25, -0.2) is 9.97 Å². The smallest absolute Gasteiger partial charge is 0.127 e. The van der Waals surface area contributed by atoms with E-state index >= 15 is 0 Å². The zero-order valence-corrected chi connectivity index (χ0v) is 13.0. The van der Waals surface area contributed by atoms with E-state index in [-0.39, 0.29) is 6.61 Å². The van der Waals surface area contributed by atoms with E-state index in [4.69, 9.17) is 4.98 Å². The fourth-order valence-electron chi connectivity index (χ4n) is 2.99. The third-order valence-electron chi connectivity index (χ3n) is 4.14. The van der Waals surface area contributed by atoms with Crippen LogP contribution in [0.25, 0.3) is 22.1 Å². The average molecular weight is 306 g/mol. The van der Waals surface area contributed by atoms with Crippen molar-refractivity contribution in [3.8, 4) is 0 Å². The van der Waals surface area contributed by atoms with Gasteiger partial charge >= 0.3 is 0 Å². The topological polar surface area (TPSA) is 66.7 Å². The van der Waals surface area contributed by atoms with E-state index < -0.39 is 0 Å². The number of imidazole rings is 2. The number of rotatable bonds is 4. The lowest BCUT2D eigenvalue weighted by atomic mass is 10.2. The molecule has 5 heteroatoms. The number of aromatic amines is 1. The third-order valence-corrected chi connectivity index (χ3v) is 4.14. The molecule has 5 nitrogen and oxygen atoms in total. The zero-order chi connectivity index (χ0) is 15.8. The first-order valence-electron chi connectivity index (χ1n) is 7.81. The standard InChI is InChI=1S/C18H18N4O/c1-2-18-21-15-8-7-12(11-23)9-16(15)22(18)10-17-19-13-5-3-4-6-14(13)20-17/h3-9,23H,2,10-11H2,1H3,(H,19,20). The number of aliphatic hydroxyl groups excluding tert-OH is 1. The molecular weight excluding hydrogens is 288 g/mol. The van der Waals surface area contributed by atoms with E-state index in [9.17, 15) is 5.11 Å². The monoisotopic (exact) mass is 306 g/mol. The Morgan fingerprint density at radius 1 is 1.09 bits per heavy atom. The Labute approximate surface area is 133 Å². The molecule has 0 aliphatic rings. The highest BCUT2D eigenvalue weighted by molar-refractivity contribution is 5.77. The lowest BCUT2D eigenvalue weighted by molar-refractivity contribution is 0.282. The van der Waals surface area contributed by atoms with Gasteiger partial charge in [0.1, 0.15) is 11.6 Å². The number of hydrogen-bond donors (Lipinski definition) is 2. The number of aliphatic hydroxyl groups is 1. The molecule has 0 amide bonds. The normalized spacial score (nSPS) is 11.6. The molecule has 2 heterocycles. The second kappa shape index (κ2) is 5.52. The summed E-state index contributed by atoms with van der Waals surface area (Å²) in [6.07, 6.45) is 0.851. The van der Waals surface area contributed by atoms with Gasteiger partial charge in [-0.15, -0.1) is 0 Å². The van der Waals surface area contributed by atoms with Crippen LogP contribution < -0.4 is 0 Å². The highest BCUT2D eigenvalue weighted by Crippen LogP contribution is 2.20. The zero-order valence-electron chi connectivity index (χ0n) is 13.0.